The van der Waals surface area contributed by atoms with Crippen LogP contribution in [-0.4, -0.2) is 25.0 Å². The zero-order chi connectivity index (χ0) is 16.1. The van der Waals surface area contributed by atoms with Crippen LogP contribution >= 0.6 is 0 Å². The summed E-state index contributed by atoms with van der Waals surface area (Å²) in [5, 5.41) is 2.91. The van der Waals surface area contributed by atoms with Gasteiger partial charge in [0, 0.05) is 24.2 Å². The smallest absolute Gasteiger partial charge is 0.265 e. The van der Waals surface area contributed by atoms with Crippen molar-refractivity contribution in [2.45, 2.75) is 26.7 Å². The van der Waals surface area contributed by atoms with Crippen molar-refractivity contribution in [3.05, 3.63) is 30.9 Å². The molecule has 1 aromatic rings. The highest BCUT2D eigenvalue weighted by Crippen LogP contribution is 2.34. The van der Waals surface area contributed by atoms with E-state index in [9.17, 15) is 9.59 Å². The van der Waals surface area contributed by atoms with E-state index in [2.05, 4.69) is 11.9 Å². The van der Waals surface area contributed by atoms with Gasteiger partial charge in [0.25, 0.3) is 5.91 Å². The first-order chi connectivity index (χ1) is 10.6. The molecule has 5 nitrogen and oxygen atoms in total. The lowest BCUT2D eigenvalue weighted by molar-refractivity contribution is -0.121. The van der Waals surface area contributed by atoms with Crippen LogP contribution in [0.1, 0.15) is 26.7 Å². The standard InChI is InChI=1S/C17H22N2O3/c1-4-9-19-14-8-7-13(10-15(14)22-11-16(19)20)18-17(21)12(5-2)6-3/h4,7-8,10,12H,1,5-6,9,11H2,2-3H3,(H,18,21). The van der Waals surface area contributed by atoms with Crippen LogP contribution in [0.3, 0.4) is 0 Å². The van der Waals surface area contributed by atoms with Crippen molar-refractivity contribution in [3.8, 4) is 5.75 Å². The van der Waals surface area contributed by atoms with E-state index in [1.165, 1.54) is 0 Å². The number of carbonyl (C=O) groups excluding carboxylic acids is 2. The number of nitrogens with zero attached hydrogens (tertiary/aromatic N) is 1. The number of fused-ring (bicyclic) bond motifs is 1. The Kier molecular flexibility index (Phi) is 5.20. The van der Waals surface area contributed by atoms with E-state index in [0.717, 1.165) is 12.8 Å². The van der Waals surface area contributed by atoms with E-state index in [-0.39, 0.29) is 24.3 Å². The Bertz CT molecular complexity index is 579. The largest absolute Gasteiger partial charge is 0.481 e. The number of hydrogen-bond donors (Lipinski definition) is 1. The van der Waals surface area contributed by atoms with Crippen molar-refractivity contribution in [1.29, 1.82) is 0 Å². The van der Waals surface area contributed by atoms with Gasteiger partial charge in [-0.25, -0.2) is 0 Å². The van der Waals surface area contributed by atoms with E-state index in [1.54, 1.807) is 29.2 Å². The molecular weight excluding hydrogens is 280 g/mol. The topological polar surface area (TPSA) is 58.6 Å². The molecule has 2 amide bonds. The van der Waals surface area contributed by atoms with Crippen molar-refractivity contribution in [2.24, 2.45) is 5.92 Å². The molecule has 22 heavy (non-hydrogen) atoms. The number of hydrogen-bond acceptors (Lipinski definition) is 3. The number of anilines is 2. The van der Waals surface area contributed by atoms with Gasteiger partial charge in [0.05, 0.1) is 5.69 Å². The molecule has 1 aliphatic rings. The van der Waals surface area contributed by atoms with Crippen LogP contribution in [-0.2, 0) is 9.59 Å². The summed E-state index contributed by atoms with van der Waals surface area (Å²) < 4.78 is 5.47. The zero-order valence-electron chi connectivity index (χ0n) is 13.1. The van der Waals surface area contributed by atoms with Gasteiger partial charge in [-0.05, 0) is 25.0 Å². The van der Waals surface area contributed by atoms with Crippen LogP contribution in [0.15, 0.2) is 30.9 Å². The quantitative estimate of drug-likeness (QED) is 0.822. The molecular formula is C17H22N2O3. The summed E-state index contributed by atoms with van der Waals surface area (Å²) in [5.74, 6) is 0.528. The maximum absolute atomic E-state index is 12.1. The SMILES string of the molecule is C=CCN1C(=O)COc2cc(NC(=O)C(CC)CC)ccc21. The van der Waals surface area contributed by atoms with Crippen molar-refractivity contribution < 1.29 is 14.3 Å². The molecule has 2 rings (SSSR count). The predicted octanol–water partition coefficient (Wildman–Crippen LogP) is 2.97. The van der Waals surface area contributed by atoms with Gasteiger partial charge in [-0.2, -0.15) is 0 Å². The van der Waals surface area contributed by atoms with E-state index < -0.39 is 0 Å². The van der Waals surface area contributed by atoms with Gasteiger partial charge in [0.2, 0.25) is 5.91 Å². The second kappa shape index (κ2) is 7.11. The summed E-state index contributed by atoms with van der Waals surface area (Å²) in [4.78, 5) is 25.6. The lowest BCUT2D eigenvalue weighted by atomic mass is 10.0. The van der Waals surface area contributed by atoms with Crippen LogP contribution in [0.2, 0.25) is 0 Å². The lowest BCUT2D eigenvalue weighted by Gasteiger charge is -2.28. The first-order valence-corrected chi connectivity index (χ1v) is 7.59. The Morgan fingerprint density at radius 2 is 2.18 bits per heavy atom. The summed E-state index contributed by atoms with van der Waals surface area (Å²) in [5.41, 5.74) is 1.39. The monoisotopic (exact) mass is 302 g/mol. The van der Waals surface area contributed by atoms with E-state index in [0.29, 0.717) is 23.7 Å². The fourth-order valence-electron chi connectivity index (χ4n) is 2.52. The van der Waals surface area contributed by atoms with E-state index in [1.807, 2.05) is 13.8 Å². The molecule has 1 heterocycles. The minimum absolute atomic E-state index is 0.00475. The van der Waals surface area contributed by atoms with Gasteiger partial charge in [-0.15, -0.1) is 6.58 Å². The minimum Gasteiger partial charge on any atom is -0.481 e. The average Bonchev–Trinajstić information content (AvgIpc) is 2.51. The van der Waals surface area contributed by atoms with Crippen molar-refractivity contribution >= 4 is 23.2 Å². The maximum Gasteiger partial charge on any atom is 0.265 e. The van der Waals surface area contributed by atoms with Gasteiger partial charge in [0.15, 0.2) is 6.61 Å². The molecule has 0 spiro atoms. The van der Waals surface area contributed by atoms with Crippen LogP contribution in [0.4, 0.5) is 11.4 Å². The summed E-state index contributed by atoms with van der Waals surface area (Å²) in [6, 6.07) is 5.34. The van der Waals surface area contributed by atoms with Gasteiger partial charge >= 0.3 is 0 Å². The fourth-order valence-corrected chi connectivity index (χ4v) is 2.52. The third kappa shape index (κ3) is 3.30. The molecule has 0 bridgehead atoms. The first-order valence-electron chi connectivity index (χ1n) is 7.59. The molecule has 0 aromatic heterocycles. The van der Waals surface area contributed by atoms with Crippen LogP contribution in [0.25, 0.3) is 0 Å². The second-order valence-electron chi connectivity index (χ2n) is 5.27. The highest BCUT2D eigenvalue weighted by molar-refractivity contribution is 5.99. The Labute approximate surface area is 130 Å². The van der Waals surface area contributed by atoms with E-state index in [4.69, 9.17) is 4.74 Å². The average molecular weight is 302 g/mol. The summed E-state index contributed by atoms with van der Waals surface area (Å²) in [6.45, 7) is 8.11. The molecule has 0 saturated heterocycles. The van der Waals surface area contributed by atoms with Gasteiger partial charge in [-0.3, -0.25) is 9.59 Å². The fraction of sp³-hybridized carbons (Fsp3) is 0.412. The van der Waals surface area contributed by atoms with Crippen LogP contribution in [0, 0.1) is 5.92 Å². The highest BCUT2D eigenvalue weighted by Gasteiger charge is 2.25. The van der Waals surface area contributed by atoms with Crippen LogP contribution < -0.4 is 15.0 Å². The Hall–Kier alpha value is -2.30. The molecule has 0 unspecified atom stereocenters. The Morgan fingerprint density at radius 3 is 2.82 bits per heavy atom. The molecule has 0 atom stereocenters. The summed E-state index contributed by atoms with van der Waals surface area (Å²) in [6.07, 6.45) is 3.30. The first kappa shape index (κ1) is 16.1. The number of benzene rings is 1. The lowest BCUT2D eigenvalue weighted by Crippen LogP contribution is -2.38. The number of rotatable bonds is 6. The van der Waals surface area contributed by atoms with Gasteiger partial charge in [0.1, 0.15) is 5.75 Å². The molecule has 0 aliphatic carbocycles. The Balaban J connectivity index is 2.20. The van der Waals surface area contributed by atoms with Crippen LogP contribution in [0.5, 0.6) is 5.75 Å². The molecule has 5 heteroatoms. The summed E-state index contributed by atoms with van der Waals surface area (Å²) >= 11 is 0. The molecule has 118 valence electrons. The molecule has 0 saturated carbocycles. The number of amides is 2. The summed E-state index contributed by atoms with van der Waals surface area (Å²) in [7, 11) is 0. The van der Waals surface area contributed by atoms with E-state index >= 15 is 0 Å². The second-order valence-corrected chi connectivity index (χ2v) is 5.27. The number of ether oxygens (including phenoxy) is 1. The third-order valence-corrected chi connectivity index (χ3v) is 3.84. The minimum atomic E-state index is -0.0961. The zero-order valence-corrected chi connectivity index (χ0v) is 13.1. The molecule has 1 aliphatic heterocycles. The normalized spacial score (nSPS) is 13.6. The highest BCUT2D eigenvalue weighted by atomic mass is 16.5. The maximum atomic E-state index is 12.1. The van der Waals surface area contributed by atoms with Gasteiger partial charge < -0.3 is 15.0 Å². The molecule has 0 fully saturated rings. The van der Waals surface area contributed by atoms with Gasteiger partial charge in [-0.1, -0.05) is 19.9 Å². The number of nitrogens with one attached hydrogen (secondary N) is 1. The molecule has 1 N–H and O–H groups in total. The number of carbonyl (C=O) groups is 2. The molecule has 1 aromatic carbocycles. The van der Waals surface area contributed by atoms with Crippen molar-refractivity contribution in [2.75, 3.05) is 23.4 Å². The van der Waals surface area contributed by atoms with Crippen molar-refractivity contribution in [1.82, 2.24) is 0 Å². The third-order valence-electron chi connectivity index (χ3n) is 3.84. The molecule has 0 radical (unpaired) electrons. The van der Waals surface area contributed by atoms with Crippen molar-refractivity contribution in [3.63, 3.8) is 0 Å². The Morgan fingerprint density at radius 1 is 1.45 bits per heavy atom. The predicted molar refractivity (Wildman–Crippen MR) is 87.2 cm³/mol.